The maximum atomic E-state index is 13.7. The largest absolute Gasteiger partial charge is 0.371 e. The molecule has 0 aliphatic heterocycles. The zero-order valence-corrected chi connectivity index (χ0v) is 23.4. The molecule has 2 atom stereocenters. The van der Waals surface area contributed by atoms with E-state index in [2.05, 4.69) is 17.4 Å². The van der Waals surface area contributed by atoms with Gasteiger partial charge in [-0.15, -0.1) is 0 Å². The van der Waals surface area contributed by atoms with Gasteiger partial charge in [0, 0.05) is 15.7 Å². The topological polar surface area (TPSA) is 43.3 Å². The van der Waals surface area contributed by atoms with Crippen molar-refractivity contribution in [3.8, 4) is 16.9 Å². The summed E-state index contributed by atoms with van der Waals surface area (Å²) in [5, 5.41) is 4.98. The zero-order chi connectivity index (χ0) is 26.6. The fourth-order valence-corrected chi connectivity index (χ4v) is 5.75. The van der Waals surface area contributed by atoms with Crippen LogP contribution in [0.3, 0.4) is 0 Å². The molecule has 1 fully saturated rings. The number of rotatable bonds is 7. The van der Waals surface area contributed by atoms with Crippen LogP contribution in [-0.4, -0.2) is 22.6 Å². The Kier molecular flexibility index (Phi) is 8.45. The van der Waals surface area contributed by atoms with E-state index in [1.807, 2.05) is 66.1 Å². The van der Waals surface area contributed by atoms with Gasteiger partial charge in [-0.1, -0.05) is 90.1 Å². The minimum absolute atomic E-state index is 0.0308. The second-order valence-corrected chi connectivity index (χ2v) is 10.9. The number of amides is 1. The van der Waals surface area contributed by atoms with Gasteiger partial charge in [0.1, 0.15) is 0 Å². The Bertz CT molecular complexity index is 1420. The first-order chi connectivity index (χ1) is 18.4. The predicted molar refractivity (Wildman–Crippen MR) is 156 cm³/mol. The Labute approximate surface area is 238 Å². The molecule has 4 aromatic rings. The van der Waals surface area contributed by atoms with Crippen LogP contribution in [0.15, 0.2) is 78.9 Å². The summed E-state index contributed by atoms with van der Waals surface area (Å²) in [7, 11) is 0. The summed E-state index contributed by atoms with van der Waals surface area (Å²) >= 11 is 19.0. The number of nitrogens with one attached hydrogen (secondary N) is 1. The Morgan fingerprint density at radius 3 is 2.37 bits per heavy atom. The number of carbonyl (C=O) groups is 1. The lowest BCUT2D eigenvalue weighted by Crippen LogP contribution is -2.46. The second kappa shape index (κ2) is 12.0. The van der Waals surface area contributed by atoms with Crippen LogP contribution >= 0.6 is 34.8 Å². The normalized spacial score (nSPS) is 17.4. The van der Waals surface area contributed by atoms with Crippen molar-refractivity contribution in [1.29, 1.82) is 0 Å². The lowest BCUT2D eigenvalue weighted by atomic mass is 9.92. The van der Waals surface area contributed by atoms with Gasteiger partial charge in [0.05, 0.1) is 40.7 Å². The van der Waals surface area contributed by atoms with Crippen molar-refractivity contribution < 1.29 is 9.53 Å². The van der Waals surface area contributed by atoms with Crippen molar-refractivity contribution >= 4 is 40.7 Å². The Balaban J connectivity index is 1.45. The van der Waals surface area contributed by atoms with Gasteiger partial charge in [-0.25, -0.2) is 0 Å². The summed E-state index contributed by atoms with van der Waals surface area (Å²) in [5.74, 6) is -0.123. The Morgan fingerprint density at radius 2 is 1.63 bits per heavy atom. The molecule has 1 saturated carbocycles. The quantitative estimate of drug-likeness (QED) is 0.243. The molecule has 0 radical (unpaired) electrons. The minimum atomic E-state index is -0.123. The van der Waals surface area contributed by atoms with Gasteiger partial charge in [-0.2, -0.15) is 0 Å². The molecule has 1 aliphatic carbocycles. The van der Waals surface area contributed by atoms with E-state index >= 15 is 0 Å². The molecule has 1 N–H and O–H groups in total. The number of hydrogen-bond acceptors (Lipinski definition) is 2. The predicted octanol–water partition coefficient (Wildman–Crippen LogP) is 8.67. The van der Waals surface area contributed by atoms with Crippen molar-refractivity contribution in [2.75, 3.05) is 0 Å². The van der Waals surface area contributed by atoms with Gasteiger partial charge in [-0.3, -0.25) is 4.79 Å². The molecule has 3 aromatic carbocycles. The fraction of sp³-hybridized carbons (Fsp3) is 0.258. The highest BCUT2D eigenvalue weighted by Gasteiger charge is 2.29. The summed E-state index contributed by atoms with van der Waals surface area (Å²) in [5.41, 5.74) is 5.02. The molecule has 0 unspecified atom stereocenters. The highest BCUT2D eigenvalue weighted by molar-refractivity contribution is 6.35. The molecule has 196 valence electrons. The summed E-state index contributed by atoms with van der Waals surface area (Å²) in [6.07, 6.45) is 3.94. The molecule has 4 nitrogen and oxygen atoms in total. The van der Waals surface area contributed by atoms with Crippen LogP contribution in [0.5, 0.6) is 0 Å². The molecular weight excluding hydrogens is 539 g/mol. The third kappa shape index (κ3) is 5.94. The van der Waals surface area contributed by atoms with Gasteiger partial charge in [0.2, 0.25) is 0 Å². The number of halogens is 3. The van der Waals surface area contributed by atoms with E-state index in [0.29, 0.717) is 27.2 Å². The Hall–Kier alpha value is -2.76. The number of benzene rings is 3. The van der Waals surface area contributed by atoms with Gasteiger partial charge in [0.15, 0.2) is 0 Å². The van der Waals surface area contributed by atoms with Crippen molar-refractivity contribution in [1.82, 2.24) is 9.88 Å². The average molecular weight is 568 g/mol. The van der Waals surface area contributed by atoms with Gasteiger partial charge in [-0.05, 0) is 67.3 Å². The van der Waals surface area contributed by atoms with Crippen LogP contribution in [0.4, 0.5) is 0 Å². The van der Waals surface area contributed by atoms with Gasteiger partial charge < -0.3 is 14.6 Å². The lowest BCUT2D eigenvalue weighted by molar-refractivity contribution is -0.00462. The van der Waals surface area contributed by atoms with Crippen molar-refractivity contribution in [2.24, 2.45) is 0 Å². The number of ether oxygens (including phenoxy) is 1. The van der Waals surface area contributed by atoms with Crippen LogP contribution in [-0.2, 0) is 11.3 Å². The smallest absolute Gasteiger partial charge is 0.253 e. The minimum Gasteiger partial charge on any atom is -0.371 e. The monoisotopic (exact) mass is 566 g/mol. The molecule has 1 heterocycles. The molecular formula is C31H29Cl3N2O2. The molecule has 0 saturated heterocycles. The molecule has 0 spiro atoms. The third-order valence-electron chi connectivity index (χ3n) is 7.11. The van der Waals surface area contributed by atoms with E-state index in [4.69, 9.17) is 39.5 Å². The third-order valence-corrected chi connectivity index (χ3v) is 7.90. The molecule has 5 rings (SSSR count). The van der Waals surface area contributed by atoms with Crippen LogP contribution in [0.1, 0.15) is 47.3 Å². The maximum Gasteiger partial charge on any atom is 0.253 e. The van der Waals surface area contributed by atoms with E-state index in [1.165, 1.54) is 0 Å². The fourth-order valence-electron chi connectivity index (χ4n) is 5.13. The van der Waals surface area contributed by atoms with E-state index < -0.39 is 0 Å². The van der Waals surface area contributed by atoms with Gasteiger partial charge >= 0.3 is 0 Å². The molecule has 1 aliphatic rings. The molecule has 0 bridgehead atoms. The standard InChI is InChI=1S/C31H29Cl3N2O2/c1-20-25(31(37)35-27-9-5-6-10-30(27)38-19-21-7-3-2-4-8-21)18-29(22-11-13-23(32)14-12-22)36(20)28-16-15-24(33)17-26(28)34/h2-4,7-8,11-18,27,30H,5-6,9-10,19H2,1H3,(H,35,37)/t27-,30-/m1/s1. The SMILES string of the molecule is Cc1c(C(=O)N[C@@H]2CCCC[C@H]2OCc2ccccc2)cc(-c2ccc(Cl)cc2)n1-c1ccc(Cl)cc1Cl. The molecule has 1 aromatic heterocycles. The lowest BCUT2D eigenvalue weighted by Gasteiger charge is -2.32. The summed E-state index contributed by atoms with van der Waals surface area (Å²) in [4.78, 5) is 13.7. The van der Waals surface area contributed by atoms with E-state index in [9.17, 15) is 4.79 Å². The highest BCUT2D eigenvalue weighted by atomic mass is 35.5. The molecule has 38 heavy (non-hydrogen) atoms. The van der Waals surface area contributed by atoms with Crippen LogP contribution in [0.2, 0.25) is 15.1 Å². The highest BCUT2D eigenvalue weighted by Crippen LogP contribution is 2.34. The van der Waals surface area contributed by atoms with Crippen molar-refractivity contribution in [2.45, 2.75) is 51.4 Å². The summed E-state index contributed by atoms with van der Waals surface area (Å²) in [6, 6.07) is 24.9. The molecule has 1 amide bonds. The first kappa shape index (κ1) is 26.8. The zero-order valence-electron chi connectivity index (χ0n) is 21.1. The van der Waals surface area contributed by atoms with Crippen LogP contribution in [0, 0.1) is 6.92 Å². The van der Waals surface area contributed by atoms with Crippen LogP contribution < -0.4 is 5.32 Å². The van der Waals surface area contributed by atoms with Crippen molar-refractivity contribution in [3.63, 3.8) is 0 Å². The second-order valence-electron chi connectivity index (χ2n) is 9.67. The maximum absolute atomic E-state index is 13.7. The van der Waals surface area contributed by atoms with E-state index in [0.717, 1.165) is 53.9 Å². The number of aromatic nitrogens is 1. The number of nitrogens with zero attached hydrogens (tertiary/aromatic N) is 1. The van der Waals surface area contributed by atoms with Crippen molar-refractivity contribution in [3.05, 3.63) is 111 Å². The van der Waals surface area contributed by atoms with Gasteiger partial charge in [0.25, 0.3) is 5.91 Å². The summed E-state index contributed by atoms with van der Waals surface area (Å²) < 4.78 is 8.29. The van der Waals surface area contributed by atoms with Crippen LogP contribution in [0.25, 0.3) is 16.9 Å². The average Bonchev–Trinajstić information content (AvgIpc) is 3.26. The Morgan fingerprint density at radius 1 is 0.921 bits per heavy atom. The first-order valence-corrected chi connectivity index (χ1v) is 13.9. The molecule has 7 heteroatoms. The summed E-state index contributed by atoms with van der Waals surface area (Å²) in [6.45, 7) is 2.46. The first-order valence-electron chi connectivity index (χ1n) is 12.8. The number of hydrogen-bond donors (Lipinski definition) is 1. The number of carbonyl (C=O) groups excluding carboxylic acids is 1. The van der Waals surface area contributed by atoms with E-state index in [-0.39, 0.29) is 18.1 Å². The van der Waals surface area contributed by atoms with E-state index in [1.54, 1.807) is 12.1 Å².